The lowest BCUT2D eigenvalue weighted by Crippen LogP contribution is -2.59. The molecule has 0 aromatic carbocycles. The second-order valence-corrected chi connectivity index (χ2v) is 8.81. The van der Waals surface area contributed by atoms with Crippen molar-refractivity contribution in [2.45, 2.75) is 50.5 Å². The molecule has 2 aliphatic heterocycles. The number of likely N-dealkylation sites (N-methyl/N-ethyl adjacent to an activating group) is 1. The van der Waals surface area contributed by atoms with Crippen LogP contribution < -0.4 is 10.6 Å². The summed E-state index contributed by atoms with van der Waals surface area (Å²) < 4.78 is 0. The molecule has 2 N–H and O–H groups in total. The fraction of sp³-hybridized carbons (Fsp3) is 0.947. The zero-order valence-electron chi connectivity index (χ0n) is 15.3. The van der Waals surface area contributed by atoms with Crippen LogP contribution in [-0.4, -0.2) is 74.1 Å². The van der Waals surface area contributed by atoms with E-state index in [-0.39, 0.29) is 5.54 Å². The lowest BCUT2D eigenvalue weighted by Gasteiger charge is -2.45. The second kappa shape index (κ2) is 6.58. The molecule has 5 nitrogen and oxygen atoms in total. The maximum Gasteiger partial charge on any atom is 0.223 e. The molecule has 0 radical (unpaired) electrons. The number of carbonyl (C=O) groups is 1. The molecular formula is C19H34N4O. The van der Waals surface area contributed by atoms with Crippen molar-refractivity contribution in [2.75, 3.05) is 52.9 Å². The summed E-state index contributed by atoms with van der Waals surface area (Å²) in [4.78, 5) is 17.9. The van der Waals surface area contributed by atoms with Crippen molar-refractivity contribution < 1.29 is 4.79 Å². The topological polar surface area (TPSA) is 47.6 Å². The Bertz CT molecular complexity index is 460. The summed E-state index contributed by atoms with van der Waals surface area (Å²) in [6.45, 7) is 7.70. The van der Waals surface area contributed by atoms with Crippen molar-refractivity contribution in [3.05, 3.63) is 0 Å². The van der Waals surface area contributed by atoms with Gasteiger partial charge in [0.1, 0.15) is 0 Å². The van der Waals surface area contributed by atoms with Crippen molar-refractivity contribution >= 4 is 5.91 Å². The molecule has 2 aliphatic carbocycles. The van der Waals surface area contributed by atoms with E-state index in [0.717, 1.165) is 52.2 Å². The number of hydrogen-bond donors (Lipinski definition) is 2. The summed E-state index contributed by atoms with van der Waals surface area (Å²) in [5, 5.41) is 6.82. The minimum atomic E-state index is 0.243. The highest BCUT2D eigenvalue weighted by molar-refractivity contribution is 5.82. The smallest absolute Gasteiger partial charge is 0.223 e. The van der Waals surface area contributed by atoms with Gasteiger partial charge in [-0.1, -0.05) is 12.8 Å². The van der Waals surface area contributed by atoms with Crippen molar-refractivity contribution in [3.63, 3.8) is 0 Å². The first-order valence-corrected chi connectivity index (χ1v) is 10.1. The van der Waals surface area contributed by atoms with Crippen LogP contribution in [0.15, 0.2) is 0 Å². The van der Waals surface area contributed by atoms with Gasteiger partial charge in [0.2, 0.25) is 5.91 Å². The summed E-state index contributed by atoms with van der Waals surface area (Å²) in [5.41, 5.74) is 0.596. The molecule has 4 fully saturated rings. The molecule has 2 saturated heterocycles. The van der Waals surface area contributed by atoms with Gasteiger partial charge in [0.15, 0.2) is 0 Å². The Morgan fingerprint density at radius 3 is 2.42 bits per heavy atom. The zero-order chi connectivity index (χ0) is 16.6. The lowest BCUT2D eigenvalue weighted by molar-refractivity contribution is -0.124. The standard InChI is InChI=1S/C19H34N4O/c1-22-10-12-23(13-11-22)19(4-2-3-5-19)15-21-17(24)16-14-18(16)6-8-20-9-7-18/h16,20H,2-15H2,1H3,(H,21,24)/t16-/m1/s1. The van der Waals surface area contributed by atoms with Gasteiger partial charge in [-0.2, -0.15) is 0 Å². The molecule has 2 heterocycles. The Labute approximate surface area is 146 Å². The predicted octanol–water partition coefficient (Wildman–Crippen LogP) is 1.05. The van der Waals surface area contributed by atoms with Crippen molar-refractivity contribution in [1.82, 2.24) is 20.4 Å². The molecule has 1 amide bonds. The SMILES string of the molecule is CN1CCN(C2(CNC(=O)[C@H]3CC34CCNCC4)CCCC2)CC1. The molecular weight excluding hydrogens is 300 g/mol. The van der Waals surface area contributed by atoms with Crippen molar-refractivity contribution in [1.29, 1.82) is 0 Å². The van der Waals surface area contributed by atoms with E-state index in [1.165, 1.54) is 38.5 Å². The minimum Gasteiger partial charge on any atom is -0.354 e. The number of piperazine rings is 1. The Balaban J connectivity index is 1.33. The van der Waals surface area contributed by atoms with Crippen LogP contribution in [-0.2, 0) is 4.79 Å². The van der Waals surface area contributed by atoms with Gasteiger partial charge in [-0.05, 0) is 57.7 Å². The molecule has 2 saturated carbocycles. The van der Waals surface area contributed by atoms with Gasteiger partial charge in [0.25, 0.3) is 0 Å². The van der Waals surface area contributed by atoms with Gasteiger partial charge >= 0.3 is 0 Å². The first-order valence-electron chi connectivity index (χ1n) is 10.1. The van der Waals surface area contributed by atoms with Crippen LogP contribution >= 0.6 is 0 Å². The van der Waals surface area contributed by atoms with E-state index in [1.807, 2.05) is 0 Å². The molecule has 4 rings (SSSR count). The summed E-state index contributed by atoms with van der Waals surface area (Å²) in [6, 6.07) is 0. The summed E-state index contributed by atoms with van der Waals surface area (Å²) in [6.07, 6.45) is 8.67. The van der Waals surface area contributed by atoms with Crippen molar-refractivity contribution in [3.8, 4) is 0 Å². The number of hydrogen-bond acceptors (Lipinski definition) is 4. The van der Waals surface area contributed by atoms with Gasteiger partial charge in [0, 0.05) is 44.2 Å². The molecule has 0 aromatic heterocycles. The normalized spacial score (nSPS) is 32.8. The molecule has 0 unspecified atom stereocenters. The molecule has 24 heavy (non-hydrogen) atoms. The lowest BCUT2D eigenvalue weighted by atomic mass is 9.91. The van der Waals surface area contributed by atoms with E-state index in [0.29, 0.717) is 17.2 Å². The number of piperidine rings is 1. The van der Waals surface area contributed by atoms with Crippen LogP contribution in [0.2, 0.25) is 0 Å². The number of nitrogens with one attached hydrogen (secondary N) is 2. The number of rotatable bonds is 4. The van der Waals surface area contributed by atoms with Crippen LogP contribution in [0.1, 0.15) is 44.9 Å². The largest absolute Gasteiger partial charge is 0.354 e. The van der Waals surface area contributed by atoms with E-state index >= 15 is 0 Å². The maximum absolute atomic E-state index is 12.8. The highest BCUT2D eigenvalue weighted by Gasteiger charge is 2.57. The van der Waals surface area contributed by atoms with Crippen LogP contribution in [0.4, 0.5) is 0 Å². The first-order chi connectivity index (χ1) is 11.6. The van der Waals surface area contributed by atoms with Gasteiger partial charge in [-0.25, -0.2) is 0 Å². The molecule has 4 aliphatic rings. The second-order valence-electron chi connectivity index (χ2n) is 8.81. The fourth-order valence-corrected chi connectivity index (χ4v) is 5.49. The Kier molecular flexibility index (Phi) is 4.61. The molecule has 5 heteroatoms. The van der Waals surface area contributed by atoms with Crippen LogP contribution in [0.25, 0.3) is 0 Å². The van der Waals surface area contributed by atoms with Crippen LogP contribution in [0.3, 0.4) is 0 Å². The average molecular weight is 335 g/mol. The quantitative estimate of drug-likeness (QED) is 0.807. The first kappa shape index (κ1) is 16.8. The van der Waals surface area contributed by atoms with Crippen molar-refractivity contribution in [2.24, 2.45) is 11.3 Å². The highest BCUT2D eigenvalue weighted by Crippen LogP contribution is 2.58. The maximum atomic E-state index is 12.8. The third-order valence-corrected chi connectivity index (χ3v) is 7.41. The van der Waals surface area contributed by atoms with Gasteiger partial charge in [-0.3, -0.25) is 9.69 Å². The van der Waals surface area contributed by atoms with Gasteiger partial charge < -0.3 is 15.5 Å². The van der Waals surface area contributed by atoms with Gasteiger partial charge in [-0.15, -0.1) is 0 Å². The number of nitrogens with zero attached hydrogens (tertiary/aromatic N) is 2. The van der Waals surface area contributed by atoms with Gasteiger partial charge in [0.05, 0.1) is 0 Å². The van der Waals surface area contributed by atoms with E-state index in [1.54, 1.807) is 0 Å². The fourth-order valence-electron chi connectivity index (χ4n) is 5.49. The van der Waals surface area contributed by atoms with Crippen LogP contribution in [0.5, 0.6) is 0 Å². The molecule has 136 valence electrons. The summed E-state index contributed by atoms with van der Waals surface area (Å²) in [5.74, 6) is 0.642. The zero-order valence-corrected chi connectivity index (χ0v) is 15.3. The average Bonchev–Trinajstić information content (AvgIpc) is 3.07. The third-order valence-electron chi connectivity index (χ3n) is 7.41. The Morgan fingerprint density at radius 1 is 1.08 bits per heavy atom. The van der Waals surface area contributed by atoms with E-state index in [9.17, 15) is 4.79 Å². The molecule has 0 aromatic rings. The monoisotopic (exact) mass is 334 g/mol. The summed E-state index contributed by atoms with van der Waals surface area (Å²) in [7, 11) is 2.21. The summed E-state index contributed by atoms with van der Waals surface area (Å²) >= 11 is 0. The Morgan fingerprint density at radius 2 is 1.75 bits per heavy atom. The number of amides is 1. The minimum absolute atomic E-state index is 0.243. The number of carbonyl (C=O) groups excluding carboxylic acids is 1. The molecule has 1 spiro atoms. The highest BCUT2D eigenvalue weighted by atomic mass is 16.2. The van der Waals surface area contributed by atoms with E-state index in [2.05, 4.69) is 27.5 Å². The van der Waals surface area contributed by atoms with E-state index < -0.39 is 0 Å². The Hall–Kier alpha value is -0.650. The molecule has 0 bridgehead atoms. The molecule has 1 atom stereocenters. The predicted molar refractivity (Wildman–Crippen MR) is 95.9 cm³/mol. The van der Waals surface area contributed by atoms with E-state index in [4.69, 9.17) is 0 Å². The third kappa shape index (κ3) is 3.11. The van der Waals surface area contributed by atoms with Crippen LogP contribution in [0, 0.1) is 11.3 Å².